The highest BCUT2D eigenvalue weighted by Crippen LogP contribution is 2.35. The summed E-state index contributed by atoms with van der Waals surface area (Å²) in [5.41, 5.74) is 1.63. The highest BCUT2D eigenvalue weighted by atomic mass is 28.4. The third-order valence-electron chi connectivity index (χ3n) is 4.71. The fraction of sp³-hybridized carbons (Fsp3) is 0.545. The van der Waals surface area contributed by atoms with Crippen molar-refractivity contribution in [3.63, 3.8) is 0 Å². The lowest BCUT2D eigenvalue weighted by atomic mass is 9.92. The quantitative estimate of drug-likeness (QED) is 0.473. The summed E-state index contributed by atoms with van der Waals surface area (Å²) >= 11 is 0. The Labute approximate surface area is 159 Å². The Morgan fingerprint density at radius 3 is 2.65 bits per heavy atom. The van der Waals surface area contributed by atoms with E-state index in [1.165, 1.54) is 5.56 Å². The summed E-state index contributed by atoms with van der Waals surface area (Å²) in [7, 11) is 0.0170. The first kappa shape index (κ1) is 20.9. The Hall–Kier alpha value is -1.36. The second kappa shape index (κ2) is 9.02. The Bertz CT molecular complexity index is 641. The van der Waals surface area contributed by atoms with Crippen LogP contribution in [0.1, 0.15) is 38.2 Å². The van der Waals surface area contributed by atoms with Gasteiger partial charge in [0.05, 0.1) is 18.8 Å². The van der Waals surface area contributed by atoms with Gasteiger partial charge in [-0.25, -0.2) is 0 Å². The molecule has 26 heavy (non-hydrogen) atoms. The minimum Gasteiger partial charge on any atom is -0.497 e. The lowest BCUT2D eigenvalue weighted by Crippen LogP contribution is -2.38. The van der Waals surface area contributed by atoms with E-state index in [1.54, 1.807) is 7.11 Å². The molecule has 1 aromatic carbocycles. The van der Waals surface area contributed by atoms with Crippen LogP contribution in [0.15, 0.2) is 48.1 Å². The number of ether oxygens (including phenoxy) is 1. The van der Waals surface area contributed by atoms with Crippen LogP contribution < -0.4 is 4.74 Å². The van der Waals surface area contributed by atoms with Crippen LogP contribution >= 0.6 is 0 Å². The lowest BCUT2D eigenvalue weighted by Gasteiger charge is -2.32. The van der Waals surface area contributed by atoms with Crippen molar-refractivity contribution in [2.75, 3.05) is 7.11 Å². The van der Waals surface area contributed by atoms with Gasteiger partial charge in [0.15, 0.2) is 8.32 Å². The van der Waals surface area contributed by atoms with Gasteiger partial charge in [-0.05, 0) is 81.9 Å². The van der Waals surface area contributed by atoms with Gasteiger partial charge in [0.25, 0.3) is 0 Å². The van der Waals surface area contributed by atoms with Gasteiger partial charge in [0.2, 0.25) is 0 Å². The molecule has 0 radical (unpaired) electrons. The van der Waals surface area contributed by atoms with Crippen molar-refractivity contribution < 1.29 is 14.3 Å². The van der Waals surface area contributed by atoms with Crippen LogP contribution in [0.3, 0.4) is 0 Å². The topological polar surface area (TPSA) is 38.7 Å². The largest absolute Gasteiger partial charge is 0.497 e. The summed E-state index contributed by atoms with van der Waals surface area (Å²) in [6, 6.07) is 8.22. The summed E-state index contributed by atoms with van der Waals surface area (Å²) in [5.74, 6) is 0.908. The molecule has 0 fully saturated rings. The van der Waals surface area contributed by atoms with Gasteiger partial charge >= 0.3 is 0 Å². The van der Waals surface area contributed by atoms with E-state index in [4.69, 9.17) is 9.16 Å². The molecule has 2 unspecified atom stereocenters. The van der Waals surface area contributed by atoms with Crippen LogP contribution in [0, 0.1) is 0 Å². The Morgan fingerprint density at radius 2 is 2.04 bits per heavy atom. The maximum absolute atomic E-state index is 10.7. The Kier molecular flexibility index (Phi) is 7.27. The minimum absolute atomic E-state index is 0.00719. The normalized spacial score (nSPS) is 21.8. The first-order valence-electron chi connectivity index (χ1n) is 9.60. The van der Waals surface area contributed by atoms with Gasteiger partial charge in [-0.1, -0.05) is 30.4 Å². The van der Waals surface area contributed by atoms with E-state index in [2.05, 4.69) is 50.0 Å². The first-order chi connectivity index (χ1) is 12.2. The second-order valence-electron chi connectivity index (χ2n) is 8.29. The molecule has 0 saturated carbocycles. The molecule has 0 amide bonds. The molecule has 1 aromatic rings. The van der Waals surface area contributed by atoms with Gasteiger partial charge in [-0.3, -0.25) is 0 Å². The van der Waals surface area contributed by atoms with E-state index in [9.17, 15) is 5.11 Å². The van der Waals surface area contributed by atoms with Gasteiger partial charge < -0.3 is 14.3 Å². The maximum atomic E-state index is 10.7. The summed E-state index contributed by atoms with van der Waals surface area (Å²) in [4.78, 5) is 0. The molecule has 0 heterocycles. The highest BCUT2D eigenvalue weighted by Gasteiger charge is 2.36. The predicted molar refractivity (Wildman–Crippen MR) is 111 cm³/mol. The van der Waals surface area contributed by atoms with Crippen molar-refractivity contribution in [3.05, 3.63) is 53.6 Å². The van der Waals surface area contributed by atoms with Crippen LogP contribution in [0.5, 0.6) is 5.75 Å². The molecule has 3 nitrogen and oxygen atoms in total. The molecule has 4 heteroatoms. The molecule has 1 N–H and O–H groups in total. The third-order valence-corrected chi connectivity index (χ3v) is 5.70. The standard InChI is InChI=1S/C22H34O3Si/c1-22(23)16-10-14-20(22)21(25-26(3,4)5)15-8-6-7-11-18-12-9-13-19(17-18)24-2/h6,8-9,12-14,17,21,23H,7,10-11,15-16H2,1-5H3/b8-6+. The summed E-state index contributed by atoms with van der Waals surface area (Å²) in [6.07, 6.45) is 11.1. The van der Waals surface area contributed by atoms with E-state index in [0.29, 0.717) is 0 Å². The van der Waals surface area contributed by atoms with Crippen LogP contribution in [-0.4, -0.2) is 32.2 Å². The number of allylic oxidation sites excluding steroid dienone is 2. The van der Waals surface area contributed by atoms with E-state index < -0.39 is 13.9 Å². The molecule has 0 aromatic heterocycles. The van der Waals surface area contributed by atoms with Crippen molar-refractivity contribution in [1.29, 1.82) is 0 Å². The first-order valence-corrected chi connectivity index (χ1v) is 13.0. The van der Waals surface area contributed by atoms with Crippen LogP contribution in [0.25, 0.3) is 0 Å². The third kappa shape index (κ3) is 6.42. The summed E-state index contributed by atoms with van der Waals surface area (Å²) < 4.78 is 11.7. The number of aryl methyl sites for hydroxylation is 1. The monoisotopic (exact) mass is 374 g/mol. The molecule has 0 bridgehead atoms. The smallest absolute Gasteiger partial charge is 0.184 e. The van der Waals surface area contributed by atoms with E-state index in [-0.39, 0.29) is 6.10 Å². The van der Waals surface area contributed by atoms with Gasteiger partial charge in [-0.2, -0.15) is 0 Å². The zero-order chi connectivity index (χ0) is 19.2. The number of rotatable bonds is 9. The predicted octanol–water partition coefficient (Wildman–Crippen LogP) is 5.27. The molecular weight excluding hydrogens is 340 g/mol. The van der Waals surface area contributed by atoms with Crippen molar-refractivity contribution in [1.82, 2.24) is 0 Å². The van der Waals surface area contributed by atoms with Gasteiger partial charge in [0, 0.05) is 0 Å². The fourth-order valence-corrected chi connectivity index (χ4v) is 4.51. The van der Waals surface area contributed by atoms with Gasteiger partial charge in [-0.15, -0.1) is 0 Å². The number of hydrogen-bond acceptors (Lipinski definition) is 3. The summed E-state index contributed by atoms with van der Waals surface area (Å²) in [6.45, 7) is 8.53. The average Bonchev–Trinajstić information content (AvgIpc) is 2.92. The lowest BCUT2D eigenvalue weighted by molar-refractivity contribution is 0.0724. The van der Waals surface area contributed by atoms with Crippen molar-refractivity contribution >= 4 is 8.32 Å². The second-order valence-corrected chi connectivity index (χ2v) is 12.7. The van der Waals surface area contributed by atoms with Crippen molar-refractivity contribution in [3.8, 4) is 5.75 Å². The minimum atomic E-state index is -1.68. The number of methoxy groups -OCH3 is 1. The highest BCUT2D eigenvalue weighted by molar-refractivity contribution is 6.69. The molecule has 2 rings (SSSR count). The number of hydrogen-bond donors (Lipinski definition) is 1. The zero-order valence-corrected chi connectivity index (χ0v) is 17.9. The molecule has 0 saturated heterocycles. The van der Waals surface area contributed by atoms with Crippen molar-refractivity contribution in [2.45, 2.75) is 70.4 Å². The Morgan fingerprint density at radius 1 is 1.27 bits per heavy atom. The number of aliphatic hydroxyl groups is 1. The molecular formula is C22H34O3Si. The Balaban J connectivity index is 1.92. The van der Waals surface area contributed by atoms with Crippen LogP contribution in [-0.2, 0) is 10.8 Å². The van der Waals surface area contributed by atoms with Crippen LogP contribution in [0.2, 0.25) is 19.6 Å². The van der Waals surface area contributed by atoms with E-state index >= 15 is 0 Å². The fourth-order valence-electron chi connectivity index (χ4n) is 3.43. The van der Waals surface area contributed by atoms with Crippen molar-refractivity contribution in [2.24, 2.45) is 0 Å². The molecule has 0 aliphatic heterocycles. The molecule has 1 aliphatic rings. The molecule has 0 spiro atoms. The SMILES string of the molecule is COc1cccc(CC/C=C/CC(O[Si](C)(C)C)C2=CCCC2(C)O)c1. The van der Waals surface area contributed by atoms with E-state index in [0.717, 1.165) is 43.4 Å². The molecule has 144 valence electrons. The zero-order valence-electron chi connectivity index (χ0n) is 16.9. The molecule has 2 atom stereocenters. The average molecular weight is 375 g/mol. The van der Waals surface area contributed by atoms with Gasteiger partial charge in [0.1, 0.15) is 5.75 Å². The number of benzene rings is 1. The maximum Gasteiger partial charge on any atom is 0.184 e. The summed E-state index contributed by atoms with van der Waals surface area (Å²) in [5, 5.41) is 10.7. The molecule has 1 aliphatic carbocycles. The van der Waals surface area contributed by atoms with Crippen LogP contribution in [0.4, 0.5) is 0 Å². The van der Waals surface area contributed by atoms with E-state index in [1.807, 2.05) is 19.1 Å².